The molecule has 1 unspecified atom stereocenters. The van der Waals surface area contributed by atoms with Crippen LogP contribution in [0.25, 0.3) is 22.2 Å². The van der Waals surface area contributed by atoms with Crippen LogP contribution in [0, 0.1) is 6.92 Å². The molecule has 2 heterocycles. The Bertz CT molecular complexity index is 1560. The molecule has 1 aromatic heterocycles. The van der Waals surface area contributed by atoms with Gasteiger partial charge in [-0.1, -0.05) is 55.1 Å². The minimum atomic E-state index is -0.531. The van der Waals surface area contributed by atoms with E-state index in [2.05, 4.69) is 48.0 Å². The van der Waals surface area contributed by atoms with Crippen molar-refractivity contribution in [2.75, 3.05) is 13.7 Å². The fraction of sp³-hybridized carbons (Fsp3) is 0.267. The van der Waals surface area contributed by atoms with Crippen LogP contribution in [0.1, 0.15) is 34.2 Å². The summed E-state index contributed by atoms with van der Waals surface area (Å²) in [5, 5.41) is 1.40. The zero-order chi connectivity index (χ0) is 27.5. The number of thioether (sulfide) groups is 1. The maximum atomic E-state index is 12.6. The lowest BCUT2D eigenvalue weighted by molar-refractivity contribution is -0.118. The van der Waals surface area contributed by atoms with Crippen molar-refractivity contribution in [3.8, 4) is 16.9 Å². The monoisotopic (exact) mass is 543 g/mol. The maximum absolute atomic E-state index is 12.6. The molecule has 4 aromatic rings. The van der Waals surface area contributed by atoms with Gasteiger partial charge in [0.05, 0.1) is 29.9 Å². The molecular formula is C30H29N3O5S. The van der Waals surface area contributed by atoms with E-state index in [1.807, 2.05) is 18.2 Å². The molecule has 200 valence electrons. The Labute approximate surface area is 230 Å². The number of imide groups is 1. The normalized spacial score (nSPS) is 15.0. The number of imidazole rings is 1. The van der Waals surface area contributed by atoms with Gasteiger partial charge in [0, 0.05) is 6.42 Å². The van der Waals surface area contributed by atoms with Crippen LogP contribution in [0.3, 0.4) is 0 Å². The second-order valence-electron chi connectivity index (χ2n) is 9.32. The number of methoxy groups -OCH3 is 1. The molecule has 1 aliphatic heterocycles. The molecule has 1 N–H and O–H groups in total. The van der Waals surface area contributed by atoms with E-state index in [0.717, 1.165) is 57.3 Å². The van der Waals surface area contributed by atoms with Gasteiger partial charge in [-0.05, 0) is 59.9 Å². The summed E-state index contributed by atoms with van der Waals surface area (Å²) in [6.45, 7) is 5.01. The zero-order valence-corrected chi connectivity index (χ0v) is 22.8. The van der Waals surface area contributed by atoms with Gasteiger partial charge in [0.25, 0.3) is 5.24 Å². The van der Waals surface area contributed by atoms with Gasteiger partial charge in [0.1, 0.15) is 23.7 Å². The molecule has 3 aromatic carbocycles. The van der Waals surface area contributed by atoms with Crippen LogP contribution < -0.4 is 10.1 Å². The van der Waals surface area contributed by atoms with Gasteiger partial charge in [-0.25, -0.2) is 9.78 Å². The highest BCUT2D eigenvalue weighted by Crippen LogP contribution is 2.29. The maximum Gasteiger partial charge on any atom is 0.341 e. The minimum Gasteiger partial charge on any atom is -0.491 e. The van der Waals surface area contributed by atoms with Gasteiger partial charge in [0.15, 0.2) is 0 Å². The number of aryl methyl sites for hydroxylation is 2. The van der Waals surface area contributed by atoms with Crippen LogP contribution in [-0.4, -0.2) is 45.6 Å². The van der Waals surface area contributed by atoms with E-state index in [4.69, 9.17) is 14.5 Å². The van der Waals surface area contributed by atoms with Crippen LogP contribution in [-0.2, 0) is 28.9 Å². The van der Waals surface area contributed by atoms with Gasteiger partial charge in [-0.15, -0.1) is 0 Å². The molecule has 5 rings (SSSR count). The molecule has 1 atom stereocenters. The summed E-state index contributed by atoms with van der Waals surface area (Å²) in [4.78, 5) is 40.9. The Hall–Kier alpha value is -4.11. The topological polar surface area (TPSA) is 99.5 Å². The third kappa shape index (κ3) is 5.54. The zero-order valence-electron chi connectivity index (χ0n) is 22.0. The second-order valence-corrected chi connectivity index (χ2v) is 10.5. The number of hydrogen-bond donors (Lipinski definition) is 1. The Balaban J connectivity index is 1.38. The first kappa shape index (κ1) is 26.5. The highest BCUT2D eigenvalue weighted by Gasteiger charge is 2.32. The third-order valence-electron chi connectivity index (χ3n) is 6.76. The lowest BCUT2D eigenvalue weighted by Crippen LogP contribution is -2.25. The van der Waals surface area contributed by atoms with Crippen molar-refractivity contribution in [3.63, 3.8) is 0 Å². The third-order valence-corrected chi connectivity index (χ3v) is 7.74. The van der Waals surface area contributed by atoms with E-state index in [1.165, 1.54) is 7.11 Å². The summed E-state index contributed by atoms with van der Waals surface area (Å²) in [5.41, 5.74) is 6.41. The SMILES string of the molecule is CCc1nc2c(C)cc(-c3ccccc3)cc2n1CCOc1ccc(CC2SC(=O)NC2=O)cc1C(=O)OC. The standard InChI is InChI=1S/C30H29N3O5S/c1-4-26-31-27-18(2)14-21(20-8-6-5-7-9-20)17-23(27)33(26)12-13-38-24-11-10-19(15-22(24)29(35)37-3)16-25-28(34)32-30(36)39-25/h5-11,14-15,17,25H,4,12-13,16H2,1-3H3,(H,32,34,36). The van der Waals surface area contributed by atoms with Crippen molar-refractivity contribution in [2.24, 2.45) is 0 Å². The number of esters is 1. The summed E-state index contributed by atoms with van der Waals surface area (Å²) in [6.07, 6.45) is 1.09. The van der Waals surface area contributed by atoms with E-state index >= 15 is 0 Å². The molecule has 8 nitrogen and oxygen atoms in total. The molecule has 1 aliphatic rings. The van der Waals surface area contributed by atoms with E-state index in [0.29, 0.717) is 25.3 Å². The van der Waals surface area contributed by atoms with Gasteiger partial charge in [-0.2, -0.15) is 0 Å². The van der Waals surface area contributed by atoms with Crippen molar-refractivity contribution < 1.29 is 23.9 Å². The number of hydrogen-bond acceptors (Lipinski definition) is 7. The first-order valence-electron chi connectivity index (χ1n) is 12.8. The Kier molecular flexibility index (Phi) is 7.70. The molecule has 0 spiro atoms. The molecule has 0 bridgehead atoms. The van der Waals surface area contributed by atoms with Crippen molar-refractivity contribution in [3.05, 3.63) is 83.2 Å². The van der Waals surface area contributed by atoms with E-state index < -0.39 is 11.2 Å². The molecule has 1 saturated heterocycles. The Morgan fingerprint density at radius 1 is 1.08 bits per heavy atom. The second kappa shape index (κ2) is 11.3. The summed E-state index contributed by atoms with van der Waals surface area (Å²) in [7, 11) is 1.32. The smallest absolute Gasteiger partial charge is 0.341 e. The predicted molar refractivity (Wildman–Crippen MR) is 151 cm³/mol. The van der Waals surface area contributed by atoms with Gasteiger partial charge in [0.2, 0.25) is 5.91 Å². The molecule has 39 heavy (non-hydrogen) atoms. The molecule has 0 saturated carbocycles. The number of rotatable bonds is 9. The van der Waals surface area contributed by atoms with Crippen LogP contribution in [0.5, 0.6) is 5.75 Å². The van der Waals surface area contributed by atoms with Gasteiger partial charge < -0.3 is 14.0 Å². The highest BCUT2D eigenvalue weighted by atomic mass is 32.2. The number of nitrogens with zero attached hydrogens (tertiary/aromatic N) is 2. The van der Waals surface area contributed by atoms with Crippen LogP contribution in [0.15, 0.2) is 60.7 Å². The average molecular weight is 544 g/mol. The quantitative estimate of drug-likeness (QED) is 0.285. The largest absolute Gasteiger partial charge is 0.491 e. The number of carbonyl (C=O) groups is 3. The molecular weight excluding hydrogens is 514 g/mol. The fourth-order valence-corrected chi connectivity index (χ4v) is 5.71. The summed E-state index contributed by atoms with van der Waals surface area (Å²) in [5.74, 6) is 0.507. The van der Waals surface area contributed by atoms with E-state index in [1.54, 1.807) is 18.2 Å². The first-order valence-corrected chi connectivity index (χ1v) is 13.7. The van der Waals surface area contributed by atoms with Crippen molar-refractivity contribution >= 4 is 39.9 Å². The van der Waals surface area contributed by atoms with Crippen LogP contribution in [0.4, 0.5) is 4.79 Å². The lowest BCUT2D eigenvalue weighted by atomic mass is 10.0. The molecule has 0 radical (unpaired) electrons. The molecule has 9 heteroatoms. The number of carbonyl (C=O) groups excluding carboxylic acids is 3. The minimum absolute atomic E-state index is 0.276. The lowest BCUT2D eigenvalue weighted by Gasteiger charge is -2.14. The number of fused-ring (bicyclic) bond motifs is 1. The molecule has 1 fully saturated rings. The summed E-state index contributed by atoms with van der Waals surface area (Å²) < 4.78 is 13.3. The van der Waals surface area contributed by atoms with Crippen LogP contribution >= 0.6 is 11.8 Å². The molecule has 2 amide bonds. The van der Waals surface area contributed by atoms with Gasteiger partial charge >= 0.3 is 5.97 Å². The number of amides is 2. The van der Waals surface area contributed by atoms with E-state index in [9.17, 15) is 14.4 Å². The predicted octanol–water partition coefficient (Wildman–Crippen LogP) is 5.33. The number of aromatic nitrogens is 2. The number of ether oxygens (including phenoxy) is 2. The number of benzene rings is 3. The Morgan fingerprint density at radius 2 is 1.87 bits per heavy atom. The van der Waals surface area contributed by atoms with Crippen molar-refractivity contribution in [1.29, 1.82) is 0 Å². The van der Waals surface area contributed by atoms with Gasteiger partial charge in [-0.3, -0.25) is 14.9 Å². The number of nitrogens with one attached hydrogen (secondary N) is 1. The van der Waals surface area contributed by atoms with Crippen LogP contribution in [0.2, 0.25) is 0 Å². The fourth-order valence-electron chi connectivity index (χ4n) is 4.85. The highest BCUT2D eigenvalue weighted by molar-refractivity contribution is 8.15. The summed E-state index contributed by atoms with van der Waals surface area (Å²) >= 11 is 0.954. The molecule has 0 aliphatic carbocycles. The van der Waals surface area contributed by atoms with Crippen molar-refractivity contribution in [1.82, 2.24) is 14.9 Å². The summed E-state index contributed by atoms with van der Waals surface area (Å²) in [6, 6.07) is 19.8. The Morgan fingerprint density at radius 3 is 2.56 bits per heavy atom. The first-order chi connectivity index (χ1) is 18.9. The average Bonchev–Trinajstić information content (AvgIpc) is 3.47. The van der Waals surface area contributed by atoms with Crippen molar-refractivity contribution in [2.45, 2.75) is 38.5 Å². The van der Waals surface area contributed by atoms with E-state index in [-0.39, 0.29) is 16.7 Å².